The zero-order valence-electron chi connectivity index (χ0n) is 13.9. The maximum Gasteiger partial charge on any atom is 0.131 e. The van der Waals surface area contributed by atoms with Gasteiger partial charge in [-0.3, -0.25) is 0 Å². The Kier molecular flexibility index (Phi) is 4.78. The van der Waals surface area contributed by atoms with Crippen molar-refractivity contribution in [3.05, 3.63) is 29.3 Å². The minimum atomic E-state index is -0.672. The first-order valence-corrected chi connectivity index (χ1v) is 7.78. The average Bonchev–Trinajstić information content (AvgIpc) is 2.45. The maximum absolute atomic E-state index is 10.7. The first kappa shape index (κ1) is 16.8. The van der Waals surface area contributed by atoms with E-state index in [-0.39, 0.29) is 12.1 Å². The van der Waals surface area contributed by atoms with Gasteiger partial charge in [0.25, 0.3) is 0 Å². The van der Waals surface area contributed by atoms with E-state index in [2.05, 4.69) is 10.5 Å². The van der Waals surface area contributed by atoms with E-state index in [0.717, 1.165) is 16.9 Å². The fraction of sp³-hybridized carbons (Fsp3) is 0.588. The Bertz CT molecular complexity index is 567. The van der Waals surface area contributed by atoms with Crippen LogP contribution in [0.15, 0.2) is 23.4 Å². The number of fused-ring (bicyclic) bond motifs is 1. The van der Waals surface area contributed by atoms with E-state index in [9.17, 15) is 5.11 Å². The highest BCUT2D eigenvalue weighted by Crippen LogP contribution is 2.40. The van der Waals surface area contributed by atoms with Crippen LogP contribution in [0.1, 0.15) is 58.2 Å². The first-order chi connectivity index (χ1) is 10.3. The van der Waals surface area contributed by atoms with Crippen LogP contribution in [0.4, 0.5) is 0 Å². The van der Waals surface area contributed by atoms with Gasteiger partial charge in [0.15, 0.2) is 0 Å². The lowest BCUT2D eigenvalue weighted by Gasteiger charge is -2.43. The lowest BCUT2D eigenvalue weighted by molar-refractivity contribution is -0.0658. The quantitative estimate of drug-likeness (QED) is 0.454. The lowest BCUT2D eigenvalue weighted by atomic mass is 9.85. The number of nitrogens with zero attached hydrogens (tertiary/aromatic N) is 1. The molecule has 22 heavy (non-hydrogen) atoms. The molecule has 3 N–H and O–H groups in total. The van der Waals surface area contributed by atoms with Crippen molar-refractivity contribution in [2.45, 2.75) is 64.8 Å². The van der Waals surface area contributed by atoms with Gasteiger partial charge >= 0.3 is 0 Å². The first-order valence-electron chi connectivity index (χ1n) is 7.78. The van der Waals surface area contributed by atoms with Crippen LogP contribution in [0.3, 0.4) is 0 Å². The van der Waals surface area contributed by atoms with Gasteiger partial charge in [-0.2, -0.15) is 0 Å². The summed E-state index contributed by atoms with van der Waals surface area (Å²) in [5.41, 5.74) is 1.69. The molecule has 2 rings (SSSR count). The molecule has 0 radical (unpaired) electrons. The summed E-state index contributed by atoms with van der Waals surface area (Å²) in [5.74, 6) is 0.755. The molecular formula is C17H26N2O3. The molecule has 0 fully saturated rings. The third kappa shape index (κ3) is 3.10. The molecule has 1 aromatic carbocycles. The van der Waals surface area contributed by atoms with E-state index >= 15 is 0 Å². The minimum absolute atomic E-state index is 0.224. The second-order valence-electron chi connectivity index (χ2n) is 6.60. The summed E-state index contributed by atoms with van der Waals surface area (Å²) in [6.45, 7) is 9.80. The minimum Gasteiger partial charge on any atom is -0.485 e. The van der Waals surface area contributed by atoms with E-state index in [1.807, 2.05) is 52.8 Å². The van der Waals surface area contributed by atoms with Crippen molar-refractivity contribution in [2.75, 3.05) is 0 Å². The molecule has 1 aliphatic rings. The molecule has 0 saturated heterocycles. The van der Waals surface area contributed by atoms with Crippen LogP contribution in [0.25, 0.3) is 0 Å². The van der Waals surface area contributed by atoms with Crippen LogP contribution >= 0.6 is 0 Å². The van der Waals surface area contributed by atoms with Gasteiger partial charge in [-0.25, -0.2) is 0 Å². The Labute approximate surface area is 132 Å². The predicted molar refractivity (Wildman–Crippen MR) is 86.8 cm³/mol. The Morgan fingerprint density at radius 3 is 2.64 bits per heavy atom. The molecular weight excluding hydrogens is 280 g/mol. The SMILES string of the molecule is CCC(=NO)c1ccc2c(c1)[C@H](NC(C)C)[C@@H](O)C(C)(C)O2. The van der Waals surface area contributed by atoms with Crippen LogP contribution in [0.5, 0.6) is 5.75 Å². The Hall–Kier alpha value is -1.59. The molecule has 1 heterocycles. The van der Waals surface area contributed by atoms with Gasteiger partial charge in [0, 0.05) is 11.6 Å². The fourth-order valence-electron chi connectivity index (χ4n) is 2.85. The van der Waals surface area contributed by atoms with Gasteiger partial charge in [-0.1, -0.05) is 25.9 Å². The third-order valence-electron chi connectivity index (χ3n) is 4.05. The third-order valence-corrected chi connectivity index (χ3v) is 4.05. The molecule has 0 spiro atoms. The number of oxime groups is 1. The molecule has 0 bridgehead atoms. The normalized spacial score (nSPS) is 24.0. The summed E-state index contributed by atoms with van der Waals surface area (Å²) in [5, 5.41) is 26.6. The number of aliphatic hydroxyl groups excluding tert-OH is 1. The lowest BCUT2D eigenvalue weighted by Crippen LogP contribution is -2.53. The van der Waals surface area contributed by atoms with E-state index < -0.39 is 11.7 Å². The second-order valence-corrected chi connectivity index (χ2v) is 6.60. The molecule has 0 aliphatic carbocycles. The summed E-state index contributed by atoms with van der Waals surface area (Å²) in [7, 11) is 0. The molecule has 2 atom stereocenters. The highest BCUT2D eigenvalue weighted by molar-refractivity contribution is 6.00. The molecule has 0 amide bonds. The molecule has 122 valence electrons. The fourth-order valence-corrected chi connectivity index (χ4v) is 2.85. The monoisotopic (exact) mass is 306 g/mol. The van der Waals surface area contributed by atoms with Crippen molar-refractivity contribution in [2.24, 2.45) is 5.16 Å². The van der Waals surface area contributed by atoms with E-state index in [4.69, 9.17) is 9.94 Å². The molecule has 5 nitrogen and oxygen atoms in total. The summed E-state index contributed by atoms with van der Waals surface area (Å²) < 4.78 is 5.95. The van der Waals surface area contributed by atoms with Gasteiger partial charge in [-0.15, -0.1) is 0 Å². The van der Waals surface area contributed by atoms with Gasteiger partial charge in [-0.05, 0) is 44.0 Å². The van der Waals surface area contributed by atoms with Crippen LogP contribution < -0.4 is 10.1 Å². The van der Waals surface area contributed by atoms with Crippen LogP contribution in [-0.4, -0.2) is 33.8 Å². The second kappa shape index (κ2) is 6.26. The summed E-state index contributed by atoms with van der Waals surface area (Å²) in [4.78, 5) is 0. The molecule has 5 heteroatoms. The highest BCUT2D eigenvalue weighted by atomic mass is 16.5. The number of hydrogen-bond acceptors (Lipinski definition) is 5. The van der Waals surface area contributed by atoms with Gasteiger partial charge in [0.2, 0.25) is 0 Å². The molecule has 1 aromatic rings. The number of nitrogens with one attached hydrogen (secondary N) is 1. The molecule has 0 unspecified atom stereocenters. The Balaban J connectivity index is 2.51. The predicted octanol–water partition coefficient (Wildman–Crippen LogP) is 2.85. The average molecular weight is 306 g/mol. The van der Waals surface area contributed by atoms with Crippen LogP contribution in [0.2, 0.25) is 0 Å². The van der Waals surface area contributed by atoms with E-state index in [1.54, 1.807) is 0 Å². The van der Waals surface area contributed by atoms with E-state index in [0.29, 0.717) is 12.1 Å². The smallest absolute Gasteiger partial charge is 0.131 e. The molecule has 0 saturated carbocycles. The number of ether oxygens (including phenoxy) is 1. The summed E-state index contributed by atoms with van der Waals surface area (Å²) in [6.07, 6.45) is -0.0410. The molecule has 1 aliphatic heterocycles. The van der Waals surface area contributed by atoms with Crippen molar-refractivity contribution in [3.63, 3.8) is 0 Å². The number of benzene rings is 1. The standard InChI is InChI=1S/C17H26N2O3/c1-6-13(19-21)11-7-8-14-12(9-11)15(18-10(2)3)16(20)17(4,5)22-14/h7-10,15-16,18,20-21H,6H2,1-5H3/t15-,16+/m0/s1. The topological polar surface area (TPSA) is 74.1 Å². The molecule has 0 aromatic heterocycles. The largest absolute Gasteiger partial charge is 0.485 e. The summed E-state index contributed by atoms with van der Waals surface area (Å²) in [6, 6.07) is 5.70. The van der Waals surface area contributed by atoms with Crippen LogP contribution in [0, 0.1) is 0 Å². The van der Waals surface area contributed by atoms with Crippen molar-refractivity contribution in [1.29, 1.82) is 0 Å². The van der Waals surface area contributed by atoms with Gasteiger partial charge in [0.05, 0.1) is 11.8 Å². The van der Waals surface area contributed by atoms with Gasteiger partial charge in [0.1, 0.15) is 17.5 Å². The number of aliphatic hydroxyl groups is 1. The van der Waals surface area contributed by atoms with Crippen molar-refractivity contribution in [1.82, 2.24) is 5.32 Å². The van der Waals surface area contributed by atoms with Crippen LogP contribution in [-0.2, 0) is 0 Å². The maximum atomic E-state index is 10.7. The number of rotatable bonds is 4. The van der Waals surface area contributed by atoms with Crippen molar-refractivity contribution < 1.29 is 15.1 Å². The Morgan fingerprint density at radius 1 is 1.41 bits per heavy atom. The van der Waals surface area contributed by atoms with Gasteiger partial charge < -0.3 is 20.4 Å². The zero-order chi connectivity index (χ0) is 16.5. The number of hydrogen-bond donors (Lipinski definition) is 3. The van der Waals surface area contributed by atoms with Crippen molar-refractivity contribution in [3.8, 4) is 5.75 Å². The van der Waals surface area contributed by atoms with E-state index in [1.165, 1.54) is 0 Å². The zero-order valence-corrected chi connectivity index (χ0v) is 13.9. The summed E-state index contributed by atoms with van der Waals surface area (Å²) >= 11 is 0. The Morgan fingerprint density at radius 2 is 2.09 bits per heavy atom. The highest BCUT2D eigenvalue weighted by Gasteiger charge is 2.43. The van der Waals surface area contributed by atoms with Crippen molar-refractivity contribution >= 4 is 5.71 Å².